The van der Waals surface area contributed by atoms with E-state index in [2.05, 4.69) is 35.4 Å². The fourth-order valence-corrected chi connectivity index (χ4v) is 2.86. The van der Waals surface area contributed by atoms with Crippen molar-refractivity contribution in [1.82, 2.24) is 9.36 Å². The molecule has 0 aliphatic carbocycles. The van der Waals surface area contributed by atoms with Crippen LogP contribution in [-0.2, 0) is 11.2 Å². The Kier molecular flexibility index (Phi) is 3.99. The molecule has 1 saturated heterocycles. The van der Waals surface area contributed by atoms with Crippen molar-refractivity contribution in [2.45, 2.75) is 58.1 Å². The number of ether oxygens (including phenoxy) is 1. The van der Waals surface area contributed by atoms with E-state index in [1.807, 2.05) is 0 Å². The molecule has 1 aromatic heterocycles. The lowest BCUT2D eigenvalue weighted by Crippen LogP contribution is -2.40. The van der Waals surface area contributed by atoms with Crippen molar-refractivity contribution in [2.24, 2.45) is 0 Å². The highest BCUT2D eigenvalue weighted by molar-refractivity contribution is 7.09. The highest BCUT2D eigenvalue weighted by Crippen LogP contribution is 2.26. The monoisotopic (exact) mass is 255 g/mol. The van der Waals surface area contributed by atoms with E-state index in [9.17, 15) is 0 Å². The minimum Gasteiger partial charge on any atom is -0.375 e. The molecule has 0 spiro atoms. The summed E-state index contributed by atoms with van der Waals surface area (Å²) in [5.41, 5.74) is -0.0210. The van der Waals surface area contributed by atoms with Gasteiger partial charge in [-0.15, -0.1) is 0 Å². The zero-order chi connectivity index (χ0) is 12.3. The molecule has 1 atom stereocenters. The molecule has 0 amide bonds. The number of aromatic nitrogens is 2. The molecule has 0 bridgehead atoms. The van der Waals surface area contributed by atoms with Gasteiger partial charge in [-0.3, -0.25) is 0 Å². The normalized spacial score (nSPS) is 23.6. The Hall–Kier alpha value is -0.680. The lowest BCUT2D eigenvalue weighted by Gasteiger charge is -2.35. The molecule has 0 radical (unpaired) electrons. The van der Waals surface area contributed by atoms with E-state index in [-0.39, 0.29) is 5.60 Å². The van der Waals surface area contributed by atoms with Gasteiger partial charge in [0.1, 0.15) is 5.82 Å². The second kappa shape index (κ2) is 5.31. The average Bonchev–Trinajstić information content (AvgIpc) is 2.64. The van der Waals surface area contributed by atoms with Crippen LogP contribution in [0.1, 0.15) is 45.9 Å². The molecule has 0 aromatic carbocycles. The third kappa shape index (κ3) is 3.64. The lowest BCUT2D eigenvalue weighted by molar-refractivity contribution is -0.0553. The summed E-state index contributed by atoms with van der Waals surface area (Å²) >= 11 is 1.47. The smallest absolute Gasteiger partial charge is 0.202 e. The van der Waals surface area contributed by atoms with Gasteiger partial charge in [-0.1, -0.05) is 6.92 Å². The van der Waals surface area contributed by atoms with Gasteiger partial charge in [0.05, 0.1) is 5.60 Å². The SMILES string of the molecule is CCCc1nsc(NC2CCOC(C)(C)C2)n1. The summed E-state index contributed by atoms with van der Waals surface area (Å²) in [5, 5.41) is 4.43. The first-order valence-corrected chi connectivity index (χ1v) is 7.09. The fraction of sp³-hybridized carbons (Fsp3) is 0.833. The summed E-state index contributed by atoms with van der Waals surface area (Å²) in [6.45, 7) is 7.26. The molecular formula is C12H21N3OS. The maximum absolute atomic E-state index is 5.70. The van der Waals surface area contributed by atoms with Crippen LogP contribution in [0.15, 0.2) is 0 Å². The Bertz CT molecular complexity index is 364. The van der Waals surface area contributed by atoms with E-state index >= 15 is 0 Å². The van der Waals surface area contributed by atoms with Crippen LogP contribution in [0.25, 0.3) is 0 Å². The second-order valence-electron chi connectivity index (χ2n) is 5.21. The van der Waals surface area contributed by atoms with Crippen LogP contribution in [0.4, 0.5) is 5.13 Å². The first-order chi connectivity index (χ1) is 8.09. The summed E-state index contributed by atoms with van der Waals surface area (Å²) in [6.07, 6.45) is 4.14. The third-order valence-electron chi connectivity index (χ3n) is 2.97. The highest BCUT2D eigenvalue weighted by atomic mass is 32.1. The van der Waals surface area contributed by atoms with Gasteiger partial charge in [-0.2, -0.15) is 4.37 Å². The zero-order valence-corrected chi connectivity index (χ0v) is 11.6. The maximum atomic E-state index is 5.70. The van der Waals surface area contributed by atoms with E-state index < -0.39 is 0 Å². The predicted molar refractivity (Wildman–Crippen MR) is 70.6 cm³/mol. The molecule has 1 aliphatic rings. The summed E-state index contributed by atoms with van der Waals surface area (Å²) in [5.74, 6) is 0.964. The molecule has 96 valence electrons. The number of hydrogen-bond donors (Lipinski definition) is 1. The van der Waals surface area contributed by atoms with Crippen LogP contribution in [-0.4, -0.2) is 27.6 Å². The number of nitrogens with zero attached hydrogens (tertiary/aromatic N) is 2. The van der Waals surface area contributed by atoms with Crippen LogP contribution in [0, 0.1) is 0 Å². The Morgan fingerprint density at radius 2 is 2.35 bits per heavy atom. The Labute approximate surface area is 107 Å². The molecule has 1 fully saturated rings. The van der Waals surface area contributed by atoms with Crippen molar-refractivity contribution < 1.29 is 4.74 Å². The number of rotatable bonds is 4. The standard InChI is InChI=1S/C12H21N3OS/c1-4-5-10-14-11(17-15-10)13-9-6-7-16-12(2,3)8-9/h9H,4-8H2,1-3H3,(H,13,14,15). The molecule has 0 saturated carbocycles. The van der Waals surface area contributed by atoms with Gasteiger partial charge < -0.3 is 10.1 Å². The van der Waals surface area contributed by atoms with Gasteiger partial charge in [0.25, 0.3) is 0 Å². The van der Waals surface area contributed by atoms with Gasteiger partial charge in [-0.05, 0) is 33.1 Å². The number of nitrogens with one attached hydrogen (secondary N) is 1. The van der Waals surface area contributed by atoms with Crippen LogP contribution in [0.2, 0.25) is 0 Å². The van der Waals surface area contributed by atoms with Crippen LogP contribution >= 0.6 is 11.5 Å². The van der Waals surface area contributed by atoms with Crippen LogP contribution < -0.4 is 5.32 Å². The molecule has 1 N–H and O–H groups in total. The molecule has 17 heavy (non-hydrogen) atoms. The summed E-state index contributed by atoms with van der Waals surface area (Å²) in [6, 6.07) is 0.459. The second-order valence-corrected chi connectivity index (χ2v) is 5.96. The molecular weight excluding hydrogens is 234 g/mol. The highest BCUT2D eigenvalue weighted by Gasteiger charge is 2.29. The lowest BCUT2D eigenvalue weighted by atomic mass is 9.94. The molecule has 4 nitrogen and oxygen atoms in total. The van der Waals surface area contributed by atoms with E-state index in [4.69, 9.17) is 4.74 Å². The topological polar surface area (TPSA) is 47.0 Å². The summed E-state index contributed by atoms with van der Waals surface area (Å²) < 4.78 is 10.0. The quantitative estimate of drug-likeness (QED) is 0.898. The van der Waals surface area contributed by atoms with E-state index in [0.717, 1.165) is 43.2 Å². The van der Waals surface area contributed by atoms with Gasteiger partial charge in [0.15, 0.2) is 0 Å². The van der Waals surface area contributed by atoms with E-state index in [1.165, 1.54) is 11.5 Å². The summed E-state index contributed by atoms with van der Waals surface area (Å²) in [7, 11) is 0. The van der Waals surface area contributed by atoms with Crippen molar-refractivity contribution in [2.75, 3.05) is 11.9 Å². The fourth-order valence-electron chi connectivity index (χ4n) is 2.17. The number of aryl methyl sites for hydroxylation is 1. The van der Waals surface area contributed by atoms with Crippen molar-refractivity contribution >= 4 is 16.7 Å². The number of anilines is 1. The predicted octanol–water partition coefficient (Wildman–Crippen LogP) is 2.86. The minimum absolute atomic E-state index is 0.0210. The van der Waals surface area contributed by atoms with Gasteiger partial charge in [0.2, 0.25) is 5.13 Å². The van der Waals surface area contributed by atoms with Gasteiger partial charge in [-0.25, -0.2) is 4.98 Å². The largest absolute Gasteiger partial charge is 0.375 e. The Balaban J connectivity index is 1.91. The van der Waals surface area contributed by atoms with Crippen molar-refractivity contribution in [3.05, 3.63) is 5.82 Å². The molecule has 2 rings (SSSR count). The van der Waals surface area contributed by atoms with Crippen LogP contribution in [0.3, 0.4) is 0 Å². The van der Waals surface area contributed by atoms with Gasteiger partial charge >= 0.3 is 0 Å². The van der Waals surface area contributed by atoms with Gasteiger partial charge in [0, 0.05) is 30.6 Å². The van der Waals surface area contributed by atoms with E-state index in [1.54, 1.807) is 0 Å². The third-order valence-corrected chi connectivity index (χ3v) is 3.65. The average molecular weight is 255 g/mol. The molecule has 1 aromatic rings. The maximum Gasteiger partial charge on any atom is 0.202 e. The van der Waals surface area contributed by atoms with Crippen molar-refractivity contribution in [3.63, 3.8) is 0 Å². The molecule has 1 aliphatic heterocycles. The molecule has 2 heterocycles. The Morgan fingerprint density at radius 1 is 1.53 bits per heavy atom. The summed E-state index contributed by atoms with van der Waals surface area (Å²) in [4.78, 5) is 4.50. The van der Waals surface area contributed by atoms with Crippen LogP contribution in [0.5, 0.6) is 0 Å². The Morgan fingerprint density at radius 3 is 3.06 bits per heavy atom. The molecule has 5 heteroatoms. The minimum atomic E-state index is -0.0210. The molecule has 1 unspecified atom stereocenters. The first kappa shape index (κ1) is 12.8. The number of hydrogen-bond acceptors (Lipinski definition) is 5. The first-order valence-electron chi connectivity index (χ1n) is 6.32. The van der Waals surface area contributed by atoms with Crippen molar-refractivity contribution in [3.8, 4) is 0 Å². The zero-order valence-electron chi connectivity index (χ0n) is 10.8. The van der Waals surface area contributed by atoms with Crippen molar-refractivity contribution in [1.29, 1.82) is 0 Å². The van der Waals surface area contributed by atoms with E-state index in [0.29, 0.717) is 6.04 Å².